The van der Waals surface area contributed by atoms with Gasteiger partial charge >= 0.3 is 0 Å². The fourth-order valence-electron chi connectivity index (χ4n) is 3.24. The van der Waals surface area contributed by atoms with Gasteiger partial charge < -0.3 is 10.5 Å². The van der Waals surface area contributed by atoms with Crippen molar-refractivity contribution in [2.45, 2.75) is 53.1 Å². The standard InChI is InChI=1S/C21H28BrNO/c1-20(2,3)14-21(4,5)16-8-11-19(18(22)12-16)24-13-15-6-9-17(23)10-7-15/h6-12H,13-14,23H2,1-5H3. The Hall–Kier alpha value is -1.48. The normalized spacial score (nSPS) is 12.2. The van der Waals surface area contributed by atoms with E-state index in [0.717, 1.165) is 27.9 Å². The van der Waals surface area contributed by atoms with Crippen LogP contribution in [-0.2, 0) is 12.0 Å². The first-order chi connectivity index (χ1) is 11.1. The average molecular weight is 390 g/mol. The molecule has 0 heterocycles. The first-order valence-corrected chi connectivity index (χ1v) is 9.13. The highest BCUT2D eigenvalue weighted by molar-refractivity contribution is 9.10. The molecule has 0 aliphatic carbocycles. The number of nitrogen functional groups attached to an aromatic ring is 1. The van der Waals surface area contributed by atoms with Crippen molar-refractivity contribution in [2.24, 2.45) is 5.41 Å². The van der Waals surface area contributed by atoms with Gasteiger partial charge in [-0.2, -0.15) is 0 Å². The van der Waals surface area contributed by atoms with Crippen LogP contribution in [0.3, 0.4) is 0 Å². The summed E-state index contributed by atoms with van der Waals surface area (Å²) in [6, 6.07) is 14.2. The molecule has 2 nitrogen and oxygen atoms in total. The van der Waals surface area contributed by atoms with Gasteiger partial charge in [0.15, 0.2) is 0 Å². The Morgan fingerprint density at radius 3 is 2.12 bits per heavy atom. The summed E-state index contributed by atoms with van der Waals surface area (Å²) >= 11 is 3.66. The Morgan fingerprint density at radius 1 is 0.958 bits per heavy atom. The van der Waals surface area contributed by atoms with Crippen LogP contribution in [0.2, 0.25) is 0 Å². The first kappa shape index (κ1) is 18.9. The summed E-state index contributed by atoms with van der Waals surface area (Å²) in [5, 5.41) is 0. The van der Waals surface area contributed by atoms with Gasteiger partial charge in [0.2, 0.25) is 0 Å². The highest BCUT2D eigenvalue weighted by atomic mass is 79.9. The maximum absolute atomic E-state index is 5.94. The summed E-state index contributed by atoms with van der Waals surface area (Å²) in [5.41, 5.74) is 9.32. The molecule has 0 fully saturated rings. The van der Waals surface area contributed by atoms with E-state index in [4.69, 9.17) is 10.5 Å². The van der Waals surface area contributed by atoms with Crippen molar-refractivity contribution < 1.29 is 4.74 Å². The van der Waals surface area contributed by atoms with E-state index >= 15 is 0 Å². The number of hydrogen-bond acceptors (Lipinski definition) is 2. The third-order valence-corrected chi connectivity index (χ3v) is 4.68. The Labute approximate surface area is 154 Å². The van der Waals surface area contributed by atoms with Gasteiger partial charge in [-0.25, -0.2) is 0 Å². The Kier molecular flexibility index (Phi) is 5.64. The molecular formula is C21H28BrNO. The van der Waals surface area contributed by atoms with Crippen LogP contribution in [0.25, 0.3) is 0 Å². The van der Waals surface area contributed by atoms with E-state index in [9.17, 15) is 0 Å². The molecule has 0 aliphatic rings. The lowest BCUT2D eigenvalue weighted by molar-refractivity contribution is 0.283. The molecule has 0 atom stereocenters. The second kappa shape index (κ2) is 7.18. The quantitative estimate of drug-likeness (QED) is 0.606. The number of anilines is 1. The summed E-state index contributed by atoms with van der Waals surface area (Å²) in [7, 11) is 0. The summed E-state index contributed by atoms with van der Waals surface area (Å²) in [5.74, 6) is 0.863. The van der Waals surface area contributed by atoms with Crippen molar-refractivity contribution in [1.82, 2.24) is 0 Å². The van der Waals surface area contributed by atoms with Crippen LogP contribution in [0.1, 0.15) is 52.2 Å². The zero-order valence-corrected chi connectivity index (χ0v) is 16.9. The zero-order valence-electron chi connectivity index (χ0n) is 15.3. The molecule has 0 saturated carbocycles. The molecule has 0 spiro atoms. The lowest BCUT2D eigenvalue weighted by atomic mass is 9.72. The molecule has 24 heavy (non-hydrogen) atoms. The van der Waals surface area contributed by atoms with E-state index in [1.54, 1.807) is 0 Å². The SMILES string of the molecule is CC(C)(C)CC(C)(C)c1ccc(OCc2ccc(N)cc2)c(Br)c1. The van der Waals surface area contributed by atoms with Gasteiger partial charge in [0.1, 0.15) is 12.4 Å². The highest BCUT2D eigenvalue weighted by Gasteiger charge is 2.27. The van der Waals surface area contributed by atoms with Crippen LogP contribution >= 0.6 is 15.9 Å². The minimum atomic E-state index is 0.121. The molecule has 0 radical (unpaired) electrons. The molecule has 130 valence electrons. The fraction of sp³-hybridized carbons (Fsp3) is 0.429. The van der Waals surface area contributed by atoms with Crippen molar-refractivity contribution >= 4 is 21.6 Å². The number of rotatable bonds is 5. The van der Waals surface area contributed by atoms with Gasteiger partial charge in [0.25, 0.3) is 0 Å². The van der Waals surface area contributed by atoms with E-state index in [1.807, 2.05) is 24.3 Å². The summed E-state index contributed by atoms with van der Waals surface area (Å²) in [6.45, 7) is 12.0. The van der Waals surface area contributed by atoms with E-state index in [0.29, 0.717) is 12.0 Å². The Bertz CT molecular complexity index is 684. The largest absolute Gasteiger partial charge is 0.488 e. The molecule has 0 saturated heterocycles. The average Bonchev–Trinajstić information content (AvgIpc) is 2.45. The van der Waals surface area contributed by atoms with Crippen LogP contribution in [0.4, 0.5) is 5.69 Å². The Morgan fingerprint density at radius 2 is 1.58 bits per heavy atom. The predicted octanol–water partition coefficient (Wildman–Crippen LogP) is 6.32. The van der Waals surface area contributed by atoms with Crippen molar-refractivity contribution in [3.8, 4) is 5.75 Å². The lowest BCUT2D eigenvalue weighted by Crippen LogP contribution is -2.24. The third kappa shape index (κ3) is 5.27. The number of halogens is 1. The number of ether oxygens (including phenoxy) is 1. The summed E-state index contributed by atoms with van der Waals surface area (Å²) < 4.78 is 6.94. The monoisotopic (exact) mass is 389 g/mol. The summed E-state index contributed by atoms with van der Waals surface area (Å²) in [6.07, 6.45) is 1.12. The van der Waals surface area contributed by atoms with E-state index in [1.165, 1.54) is 5.56 Å². The van der Waals surface area contributed by atoms with Gasteiger partial charge in [-0.15, -0.1) is 0 Å². The molecule has 2 rings (SSSR count). The second-order valence-corrected chi connectivity index (χ2v) is 9.15. The smallest absolute Gasteiger partial charge is 0.134 e. The minimum Gasteiger partial charge on any atom is -0.488 e. The molecule has 3 heteroatoms. The van der Waals surface area contributed by atoms with Crippen molar-refractivity contribution in [1.29, 1.82) is 0 Å². The molecule has 0 bridgehead atoms. The third-order valence-electron chi connectivity index (χ3n) is 4.06. The van der Waals surface area contributed by atoms with Gasteiger partial charge in [-0.05, 0) is 68.6 Å². The molecular weight excluding hydrogens is 362 g/mol. The van der Waals surface area contributed by atoms with Crippen LogP contribution in [0.5, 0.6) is 5.75 Å². The molecule has 2 aromatic carbocycles. The second-order valence-electron chi connectivity index (χ2n) is 8.30. The molecule has 0 aromatic heterocycles. The number of hydrogen-bond donors (Lipinski definition) is 1. The van der Waals surface area contributed by atoms with E-state index in [2.05, 4.69) is 68.7 Å². The lowest BCUT2D eigenvalue weighted by Gasteiger charge is -2.33. The van der Waals surface area contributed by atoms with Crippen LogP contribution in [-0.4, -0.2) is 0 Å². The minimum absolute atomic E-state index is 0.121. The number of benzene rings is 2. The molecule has 2 aromatic rings. The first-order valence-electron chi connectivity index (χ1n) is 8.34. The zero-order chi connectivity index (χ0) is 18.0. The maximum Gasteiger partial charge on any atom is 0.134 e. The molecule has 0 unspecified atom stereocenters. The predicted molar refractivity (Wildman–Crippen MR) is 106 cm³/mol. The molecule has 2 N–H and O–H groups in total. The van der Waals surface area contributed by atoms with Crippen molar-refractivity contribution in [3.05, 3.63) is 58.1 Å². The van der Waals surface area contributed by atoms with Gasteiger partial charge in [0, 0.05) is 5.69 Å². The van der Waals surface area contributed by atoms with Gasteiger partial charge in [-0.3, -0.25) is 0 Å². The fourth-order valence-corrected chi connectivity index (χ4v) is 3.73. The van der Waals surface area contributed by atoms with Crippen LogP contribution in [0.15, 0.2) is 46.9 Å². The van der Waals surface area contributed by atoms with Gasteiger partial charge in [-0.1, -0.05) is 52.8 Å². The Balaban J connectivity index is 2.10. The topological polar surface area (TPSA) is 35.2 Å². The number of nitrogens with two attached hydrogens (primary N) is 1. The molecule has 0 aliphatic heterocycles. The maximum atomic E-state index is 5.94. The van der Waals surface area contributed by atoms with E-state index in [-0.39, 0.29) is 5.41 Å². The van der Waals surface area contributed by atoms with Crippen LogP contribution < -0.4 is 10.5 Å². The van der Waals surface area contributed by atoms with E-state index < -0.39 is 0 Å². The summed E-state index contributed by atoms with van der Waals surface area (Å²) in [4.78, 5) is 0. The highest BCUT2D eigenvalue weighted by Crippen LogP contribution is 2.39. The van der Waals surface area contributed by atoms with Crippen molar-refractivity contribution in [3.63, 3.8) is 0 Å². The van der Waals surface area contributed by atoms with Gasteiger partial charge in [0.05, 0.1) is 4.47 Å². The van der Waals surface area contributed by atoms with Crippen molar-refractivity contribution in [2.75, 3.05) is 5.73 Å². The molecule has 0 amide bonds. The van der Waals surface area contributed by atoms with Crippen LogP contribution in [0, 0.1) is 5.41 Å².